The Hall–Kier alpha value is -2.36. The summed E-state index contributed by atoms with van der Waals surface area (Å²) < 4.78 is 23.6. The Bertz CT molecular complexity index is 538. The molecule has 0 saturated carbocycles. The molecule has 0 bridgehead atoms. The summed E-state index contributed by atoms with van der Waals surface area (Å²) in [5.41, 5.74) is -0.308. The molecule has 0 fully saturated rings. The zero-order chi connectivity index (χ0) is 14.1. The summed E-state index contributed by atoms with van der Waals surface area (Å²) in [5, 5.41) is 0. The number of rotatable bonds is 0. The van der Waals surface area contributed by atoms with Crippen molar-refractivity contribution in [3.8, 4) is 23.0 Å². The standard InChI is InChI=1S/C17H16O4/c1-2-6-14-13(5-1)18-9-17(10-19-14)11-20-15-7-3-4-8-16(15)21-12-17/h1-8H,9-12H2. The van der Waals surface area contributed by atoms with Gasteiger partial charge in [0.05, 0.1) is 0 Å². The highest BCUT2D eigenvalue weighted by atomic mass is 16.6. The Morgan fingerprint density at radius 1 is 0.524 bits per heavy atom. The van der Waals surface area contributed by atoms with Gasteiger partial charge >= 0.3 is 0 Å². The van der Waals surface area contributed by atoms with Crippen LogP contribution in [0.2, 0.25) is 0 Å². The summed E-state index contributed by atoms with van der Waals surface area (Å²) in [6.07, 6.45) is 0. The quantitative estimate of drug-likeness (QED) is 0.745. The summed E-state index contributed by atoms with van der Waals surface area (Å²) in [6.45, 7) is 2.05. The van der Waals surface area contributed by atoms with Crippen molar-refractivity contribution < 1.29 is 18.9 Å². The van der Waals surface area contributed by atoms with E-state index >= 15 is 0 Å². The van der Waals surface area contributed by atoms with Gasteiger partial charge in [0.15, 0.2) is 23.0 Å². The van der Waals surface area contributed by atoms with Gasteiger partial charge in [-0.2, -0.15) is 0 Å². The summed E-state index contributed by atoms with van der Waals surface area (Å²) in [4.78, 5) is 0. The monoisotopic (exact) mass is 284 g/mol. The fourth-order valence-electron chi connectivity index (χ4n) is 2.55. The van der Waals surface area contributed by atoms with Gasteiger partial charge in [-0.25, -0.2) is 0 Å². The molecule has 2 aromatic rings. The van der Waals surface area contributed by atoms with Crippen molar-refractivity contribution >= 4 is 0 Å². The van der Waals surface area contributed by atoms with E-state index in [0.717, 1.165) is 23.0 Å². The maximum atomic E-state index is 5.91. The molecule has 4 rings (SSSR count). The molecule has 2 aliphatic heterocycles. The Labute approximate surface area is 123 Å². The first-order valence-corrected chi connectivity index (χ1v) is 7.04. The van der Waals surface area contributed by atoms with E-state index in [2.05, 4.69) is 0 Å². The molecule has 0 aromatic heterocycles. The number of ether oxygens (including phenoxy) is 4. The minimum Gasteiger partial charge on any atom is -0.489 e. The number of para-hydroxylation sites is 4. The molecule has 0 saturated heterocycles. The van der Waals surface area contributed by atoms with Gasteiger partial charge in [0.25, 0.3) is 0 Å². The van der Waals surface area contributed by atoms with Crippen LogP contribution < -0.4 is 18.9 Å². The minimum atomic E-state index is -0.308. The predicted molar refractivity (Wildman–Crippen MR) is 77.3 cm³/mol. The van der Waals surface area contributed by atoms with Gasteiger partial charge in [-0.05, 0) is 24.3 Å². The molecule has 0 N–H and O–H groups in total. The highest BCUT2D eigenvalue weighted by Gasteiger charge is 2.39. The van der Waals surface area contributed by atoms with Crippen molar-refractivity contribution in [3.05, 3.63) is 48.5 Å². The van der Waals surface area contributed by atoms with Crippen LogP contribution in [0.1, 0.15) is 0 Å². The molecule has 2 aromatic carbocycles. The Morgan fingerprint density at radius 3 is 1.10 bits per heavy atom. The Balaban J connectivity index is 1.57. The van der Waals surface area contributed by atoms with Crippen LogP contribution in [-0.2, 0) is 0 Å². The molecule has 0 amide bonds. The van der Waals surface area contributed by atoms with Crippen molar-refractivity contribution in [2.75, 3.05) is 26.4 Å². The fourth-order valence-corrected chi connectivity index (χ4v) is 2.55. The first-order valence-electron chi connectivity index (χ1n) is 7.04. The topological polar surface area (TPSA) is 36.9 Å². The molecule has 0 atom stereocenters. The molecule has 0 aliphatic carbocycles. The largest absolute Gasteiger partial charge is 0.489 e. The van der Waals surface area contributed by atoms with E-state index in [1.807, 2.05) is 48.5 Å². The average molecular weight is 284 g/mol. The molecule has 1 spiro atoms. The summed E-state index contributed by atoms with van der Waals surface area (Å²) in [7, 11) is 0. The molecule has 21 heavy (non-hydrogen) atoms. The molecular weight excluding hydrogens is 268 g/mol. The van der Waals surface area contributed by atoms with E-state index < -0.39 is 0 Å². The lowest BCUT2D eigenvalue weighted by Crippen LogP contribution is -2.43. The average Bonchev–Trinajstić information content (AvgIpc) is 2.84. The third-order valence-corrected chi connectivity index (χ3v) is 3.83. The van der Waals surface area contributed by atoms with Crippen LogP contribution in [0, 0.1) is 5.41 Å². The summed E-state index contributed by atoms with van der Waals surface area (Å²) in [5.74, 6) is 3.10. The maximum absolute atomic E-state index is 5.91. The van der Waals surface area contributed by atoms with Gasteiger partial charge in [0, 0.05) is 0 Å². The molecule has 2 heterocycles. The number of fused-ring (bicyclic) bond motifs is 2. The van der Waals surface area contributed by atoms with Gasteiger partial charge in [-0.3, -0.25) is 0 Å². The van der Waals surface area contributed by atoms with Crippen LogP contribution in [-0.4, -0.2) is 26.4 Å². The number of hydrogen-bond donors (Lipinski definition) is 0. The summed E-state index contributed by atoms with van der Waals surface area (Å²) in [6, 6.07) is 15.4. The second-order valence-electron chi connectivity index (χ2n) is 5.55. The van der Waals surface area contributed by atoms with Crippen molar-refractivity contribution in [3.63, 3.8) is 0 Å². The number of benzene rings is 2. The third-order valence-electron chi connectivity index (χ3n) is 3.83. The zero-order valence-electron chi connectivity index (χ0n) is 11.6. The van der Waals surface area contributed by atoms with Crippen molar-refractivity contribution in [2.45, 2.75) is 0 Å². The van der Waals surface area contributed by atoms with E-state index in [1.54, 1.807) is 0 Å². The van der Waals surface area contributed by atoms with Gasteiger partial charge in [0.2, 0.25) is 0 Å². The van der Waals surface area contributed by atoms with Crippen molar-refractivity contribution in [2.24, 2.45) is 5.41 Å². The van der Waals surface area contributed by atoms with Gasteiger partial charge in [0.1, 0.15) is 31.8 Å². The smallest absolute Gasteiger partial charge is 0.161 e. The first kappa shape index (κ1) is 12.4. The fraction of sp³-hybridized carbons (Fsp3) is 0.294. The Morgan fingerprint density at radius 2 is 0.810 bits per heavy atom. The third kappa shape index (κ3) is 2.27. The molecule has 108 valence electrons. The van der Waals surface area contributed by atoms with Crippen LogP contribution in [0.3, 0.4) is 0 Å². The van der Waals surface area contributed by atoms with Gasteiger partial charge in [-0.1, -0.05) is 24.3 Å². The molecule has 4 heteroatoms. The lowest BCUT2D eigenvalue weighted by atomic mass is 9.92. The highest BCUT2D eigenvalue weighted by Crippen LogP contribution is 2.38. The van der Waals surface area contributed by atoms with Crippen LogP contribution in [0.25, 0.3) is 0 Å². The second-order valence-corrected chi connectivity index (χ2v) is 5.55. The first-order chi connectivity index (χ1) is 10.3. The van der Waals surface area contributed by atoms with E-state index in [1.165, 1.54) is 0 Å². The highest BCUT2D eigenvalue weighted by molar-refractivity contribution is 5.41. The van der Waals surface area contributed by atoms with E-state index in [-0.39, 0.29) is 5.41 Å². The SMILES string of the molecule is c1ccc2c(c1)OCC1(CO2)COc2ccccc2OC1. The molecule has 2 aliphatic rings. The zero-order valence-corrected chi connectivity index (χ0v) is 11.6. The van der Waals surface area contributed by atoms with Gasteiger partial charge in [-0.15, -0.1) is 0 Å². The van der Waals surface area contributed by atoms with Crippen molar-refractivity contribution in [1.29, 1.82) is 0 Å². The Kier molecular flexibility index (Phi) is 2.88. The predicted octanol–water partition coefficient (Wildman–Crippen LogP) is 2.92. The van der Waals surface area contributed by atoms with E-state index in [0.29, 0.717) is 26.4 Å². The van der Waals surface area contributed by atoms with E-state index in [4.69, 9.17) is 18.9 Å². The summed E-state index contributed by atoms with van der Waals surface area (Å²) >= 11 is 0. The molecular formula is C17H16O4. The van der Waals surface area contributed by atoms with Crippen LogP contribution in [0.15, 0.2) is 48.5 Å². The molecule has 4 nitrogen and oxygen atoms in total. The van der Waals surface area contributed by atoms with Crippen LogP contribution in [0.4, 0.5) is 0 Å². The molecule has 0 radical (unpaired) electrons. The normalized spacial score (nSPS) is 18.7. The lowest BCUT2D eigenvalue weighted by molar-refractivity contribution is 0.0239. The number of hydrogen-bond acceptors (Lipinski definition) is 4. The van der Waals surface area contributed by atoms with Crippen molar-refractivity contribution in [1.82, 2.24) is 0 Å². The van der Waals surface area contributed by atoms with Crippen LogP contribution >= 0.6 is 0 Å². The lowest BCUT2D eigenvalue weighted by Gasteiger charge is -2.27. The minimum absolute atomic E-state index is 0.308. The molecule has 0 unspecified atom stereocenters. The second kappa shape index (κ2) is 4.88. The maximum Gasteiger partial charge on any atom is 0.161 e. The van der Waals surface area contributed by atoms with Gasteiger partial charge < -0.3 is 18.9 Å². The van der Waals surface area contributed by atoms with E-state index in [9.17, 15) is 0 Å². The van der Waals surface area contributed by atoms with Crippen LogP contribution in [0.5, 0.6) is 23.0 Å².